The van der Waals surface area contributed by atoms with E-state index in [1.165, 1.54) is 0 Å². The maximum Gasteiger partial charge on any atom is 0.254 e. The number of nitrogens with two attached hydrogens (primary N) is 1. The van der Waals surface area contributed by atoms with Gasteiger partial charge in [-0.25, -0.2) is 0 Å². The molecule has 0 atom stereocenters. The first-order valence-electron chi connectivity index (χ1n) is 5.67. The average Bonchev–Trinajstić information content (AvgIpc) is 2.84. The van der Waals surface area contributed by atoms with Gasteiger partial charge >= 0.3 is 0 Å². The van der Waals surface area contributed by atoms with Crippen molar-refractivity contribution in [3.63, 3.8) is 0 Å². The zero-order chi connectivity index (χ0) is 13.1. The van der Waals surface area contributed by atoms with Crippen LogP contribution in [-0.4, -0.2) is 28.1 Å². The number of amides is 1. The number of nitrogen functional groups attached to an aromatic ring is 1. The smallest absolute Gasteiger partial charge is 0.254 e. The second-order valence-corrected chi connectivity index (χ2v) is 4.34. The Morgan fingerprint density at radius 2 is 2.28 bits per heavy atom. The molecule has 0 aliphatic carbocycles. The van der Waals surface area contributed by atoms with Crippen LogP contribution < -0.4 is 5.73 Å². The zero-order valence-corrected chi connectivity index (χ0v) is 10.5. The predicted octanol–water partition coefficient (Wildman–Crippen LogP) is 1.57. The fourth-order valence-electron chi connectivity index (χ4n) is 1.79. The van der Waals surface area contributed by atoms with Crippen LogP contribution in [0.4, 0.5) is 5.69 Å². The number of hydrogen-bond donors (Lipinski definition) is 2. The van der Waals surface area contributed by atoms with E-state index >= 15 is 0 Å². The van der Waals surface area contributed by atoms with Crippen molar-refractivity contribution in [1.29, 1.82) is 0 Å². The van der Waals surface area contributed by atoms with Gasteiger partial charge in [-0.15, -0.1) is 0 Å². The van der Waals surface area contributed by atoms with Gasteiger partial charge in [-0.3, -0.25) is 9.89 Å². The molecule has 0 aliphatic rings. The van der Waals surface area contributed by atoms with Crippen molar-refractivity contribution in [2.75, 3.05) is 12.8 Å². The molecule has 0 radical (unpaired) electrons. The molecule has 0 bridgehead atoms. The second kappa shape index (κ2) is 4.91. The average molecular weight is 244 g/mol. The minimum absolute atomic E-state index is 0.0407. The first-order valence-corrected chi connectivity index (χ1v) is 5.67. The molecule has 2 rings (SSSR count). The topological polar surface area (TPSA) is 75.0 Å². The summed E-state index contributed by atoms with van der Waals surface area (Å²) >= 11 is 0. The van der Waals surface area contributed by atoms with Crippen LogP contribution in [0.25, 0.3) is 0 Å². The van der Waals surface area contributed by atoms with E-state index in [1.807, 2.05) is 13.0 Å². The Balaban J connectivity index is 2.17. The highest BCUT2D eigenvalue weighted by Gasteiger charge is 2.14. The van der Waals surface area contributed by atoms with Crippen LogP contribution in [-0.2, 0) is 6.54 Å². The summed E-state index contributed by atoms with van der Waals surface area (Å²) in [6, 6.07) is 5.36. The van der Waals surface area contributed by atoms with Crippen LogP contribution in [0.2, 0.25) is 0 Å². The van der Waals surface area contributed by atoms with Gasteiger partial charge in [0.05, 0.1) is 6.20 Å². The number of benzene rings is 1. The molecule has 0 fully saturated rings. The monoisotopic (exact) mass is 244 g/mol. The molecule has 1 amide bonds. The van der Waals surface area contributed by atoms with E-state index in [0.717, 1.165) is 11.1 Å². The van der Waals surface area contributed by atoms with Gasteiger partial charge in [0.2, 0.25) is 0 Å². The summed E-state index contributed by atoms with van der Waals surface area (Å²) in [5.74, 6) is -0.0407. The third kappa shape index (κ3) is 2.51. The van der Waals surface area contributed by atoms with E-state index in [1.54, 1.807) is 36.5 Å². The van der Waals surface area contributed by atoms with E-state index in [2.05, 4.69) is 10.2 Å². The summed E-state index contributed by atoms with van der Waals surface area (Å²) in [5.41, 5.74) is 8.84. The lowest BCUT2D eigenvalue weighted by Crippen LogP contribution is -2.26. The van der Waals surface area contributed by atoms with Gasteiger partial charge in [-0.2, -0.15) is 5.10 Å². The minimum atomic E-state index is -0.0407. The lowest BCUT2D eigenvalue weighted by molar-refractivity contribution is 0.0784. The standard InChI is InChI=1S/C13H16N4O/c1-9-3-4-11(14)5-12(9)13(18)17(2)8-10-6-15-16-7-10/h3-7H,8,14H2,1-2H3,(H,15,16). The molecule has 1 heterocycles. The number of nitrogens with zero attached hydrogens (tertiary/aromatic N) is 2. The van der Waals surface area contributed by atoms with E-state index in [4.69, 9.17) is 5.73 Å². The van der Waals surface area contributed by atoms with Crippen molar-refractivity contribution in [2.45, 2.75) is 13.5 Å². The molecule has 0 unspecified atom stereocenters. The number of aromatic nitrogens is 2. The molecular weight excluding hydrogens is 228 g/mol. The largest absolute Gasteiger partial charge is 0.399 e. The Morgan fingerprint density at radius 3 is 2.94 bits per heavy atom. The number of nitrogens with one attached hydrogen (secondary N) is 1. The molecule has 5 nitrogen and oxygen atoms in total. The van der Waals surface area contributed by atoms with Crippen molar-refractivity contribution >= 4 is 11.6 Å². The predicted molar refractivity (Wildman–Crippen MR) is 70.0 cm³/mol. The molecule has 0 saturated carbocycles. The number of rotatable bonds is 3. The minimum Gasteiger partial charge on any atom is -0.399 e. The third-order valence-electron chi connectivity index (χ3n) is 2.81. The van der Waals surface area contributed by atoms with Crippen LogP contribution in [0.3, 0.4) is 0 Å². The van der Waals surface area contributed by atoms with Gasteiger partial charge in [0.25, 0.3) is 5.91 Å². The normalized spacial score (nSPS) is 10.3. The van der Waals surface area contributed by atoms with Crippen molar-refractivity contribution < 1.29 is 4.79 Å². The maximum absolute atomic E-state index is 12.3. The molecule has 0 saturated heterocycles. The highest BCUT2D eigenvalue weighted by molar-refractivity contribution is 5.96. The van der Waals surface area contributed by atoms with Gasteiger partial charge in [0, 0.05) is 36.6 Å². The Bertz CT molecular complexity index is 548. The number of carbonyl (C=O) groups is 1. The summed E-state index contributed by atoms with van der Waals surface area (Å²) in [7, 11) is 1.76. The highest BCUT2D eigenvalue weighted by atomic mass is 16.2. The Labute approximate surface area is 106 Å². The number of aryl methyl sites for hydroxylation is 1. The first kappa shape index (κ1) is 12.2. The van der Waals surface area contributed by atoms with E-state index < -0.39 is 0 Å². The van der Waals surface area contributed by atoms with Crippen LogP contribution in [0.15, 0.2) is 30.6 Å². The molecule has 3 N–H and O–H groups in total. The number of aromatic amines is 1. The number of hydrogen-bond acceptors (Lipinski definition) is 3. The van der Waals surface area contributed by atoms with Crippen molar-refractivity contribution in [1.82, 2.24) is 15.1 Å². The molecule has 0 aliphatic heterocycles. The lowest BCUT2D eigenvalue weighted by atomic mass is 10.1. The van der Waals surface area contributed by atoms with Crippen molar-refractivity contribution in [3.05, 3.63) is 47.3 Å². The summed E-state index contributed by atoms with van der Waals surface area (Å²) in [5, 5.41) is 6.58. The molecule has 1 aromatic carbocycles. The van der Waals surface area contributed by atoms with Gasteiger partial charge in [-0.1, -0.05) is 6.07 Å². The van der Waals surface area contributed by atoms with Crippen LogP contribution in [0.1, 0.15) is 21.5 Å². The van der Waals surface area contributed by atoms with E-state index in [9.17, 15) is 4.79 Å². The SMILES string of the molecule is Cc1ccc(N)cc1C(=O)N(C)Cc1cn[nH]c1. The van der Waals surface area contributed by atoms with Crippen LogP contribution >= 0.6 is 0 Å². The Hall–Kier alpha value is -2.30. The molecular formula is C13H16N4O. The van der Waals surface area contributed by atoms with Gasteiger partial charge in [0.1, 0.15) is 0 Å². The fraction of sp³-hybridized carbons (Fsp3) is 0.231. The van der Waals surface area contributed by atoms with Gasteiger partial charge < -0.3 is 10.6 Å². The van der Waals surface area contributed by atoms with Crippen molar-refractivity contribution in [3.8, 4) is 0 Å². The lowest BCUT2D eigenvalue weighted by Gasteiger charge is -2.17. The van der Waals surface area contributed by atoms with E-state index in [-0.39, 0.29) is 5.91 Å². The quantitative estimate of drug-likeness (QED) is 0.805. The Kier molecular flexibility index (Phi) is 3.32. The summed E-state index contributed by atoms with van der Waals surface area (Å²) in [4.78, 5) is 13.9. The molecule has 0 spiro atoms. The third-order valence-corrected chi connectivity index (χ3v) is 2.81. The molecule has 94 valence electrons. The van der Waals surface area contributed by atoms with Gasteiger partial charge in [-0.05, 0) is 24.6 Å². The number of anilines is 1. The molecule has 2 aromatic rings. The van der Waals surface area contributed by atoms with Gasteiger partial charge in [0.15, 0.2) is 0 Å². The Morgan fingerprint density at radius 1 is 1.50 bits per heavy atom. The van der Waals surface area contributed by atoms with Crippen molar-refractivity contribution in [2.24, 2.45) is 0 Å². The summed E-state index contributed by atoms with van der Waals surface area (Å²) < 4.78 is 0. The number of carbonyl (C=O) groups excluding carboxylic acids is 1. The number of H-pyrrole nitrogens is 1. The zero-order valence-electron chi connectivity index (χ0n) is 10.5. The molecule has 5 heteroatoms. The maximum atomic E-state index is 12.3. The second-order valence-electron chi connectivity index (χ2n) is 4.34. The van der Waals surface area contributed by atoms with Crippen LogP contribution in [0.5, 0.6) is 0 Å². The summed E-state index contributed by atoms with van der Waals surface area (Å²) in [6.07, 6.45) is 3.48. The highest BCUT2D eigenvalue weighted by Crippen LogP contribution is 2.15. The summed E-state index contributed by atoms with van der Waals surface area (Å²) in [6.45, 7) is 2.42. The molecule has 1 aromatic heterocycles. The van der Waals surface area contributed by atoms with E-state index in [0.29, 0.717) is 17.8 Å². The van der Waals surface area contributed by atoms with Crippen LogP contribution in [0, 0.1) is 6.92 Å². The molecule has 18 heavy (non-hydrogen) atoms. The fourth-order valence-corrected chi connectivity index (χ4v) is 1.79. The first-order chi connectivity index (χ1) is 8.58.